The fourth-order valence-electron chi connectivity index (χ4n) is 1.30. The molecule has 1 N–H and O–H groups in total. The number of aromatic nitrogens is 1. The Morgan fingerprint density at radius 1 is 1.78 bits per heavy atom. The van der Waals surface area contributed by atoms with Gasteiger partial charge in [0.15, 0.2) is 0 Å². The van der Waals surface area contributed by atoms with E-state index in [1.165, 1.54) is 25.4 Å². The third kappa shape index (κ3) is 3.18. The molecule has 1 unspecified atom stereocenters. The average Bonchev–Trinajstić information content (AvgIpc) is 2.37. The molecular formula is C11H11N3O4. The van der Waals surface area contributed by atoms with Gasteiger partial charge in [-0.2, -0.15) is 0 Å². The summed E-state index contributed by atoms with van der Waals surface area (Å²) in [6.07, 6.45) is 6.47. The monoisotopic (exact) mass is 249 g/mol. The normalized spacial score (nSPS) is 11.1. The number of carbonyl (C=O) groups is 1. The number of nitro groups is 1. The van der Waals surface area contributed by atoms with E-state index in [-0.39, 0.29) is 17.9 Å². The summed E-state index contributed by atoms with van der Waals surface area (Å²) in [5.41, 5.74) is 0.119. The number of pyridine rings is 1. The van der Waals surface area contributed by atoms with E-state index in [2.05, 4.69) is 21.0 Å². The zero-order chi connectivity index (χ0) is 13.5. The summed E-state index contributed by atoms with van der Waals surface area (Å²) in [7, 11) is 1.21. The van der Waals surface area contributed by atoms with Crippen molar-refractivity contribution in [2.75, 3.05) is 12.4 Å². The van der Waals surface area contributed by atoms with Gasteiger partial charge in [0.25, 0.3) is 0 Å². The van der Waals surface area contributed by atoms with Gasteiger partial charge in [0.05, 0.1) is 7.11 Å². The molecule has 0 bridgehead atoms. The zero-order valence-electron chi connectivity index (χ0n) is 9.62. The van der Waals surface area contributed by atoms with Crippen molar-refractivity contribution >= 4 is 17.5 Å². The number of terminal acetylenes is 1. The Morgan fingerprint density at radius 3 is 3.06 bits per heavy atom. The van der Waals surface area contributed by atoms with Crippen LogP contribution >= 0.6 is 0 Å². The van der Waals surface area contributed by atoms with Crippen LogP contribution in [0.4, 0.5) is 11.5 Å². The molecule has 0 aliphatic carbocycles. The molecule has 1 aromatic rings. The van der Waals surface area contributed by atoms with Gasteiger partial charge in [0.2, 0.25) is 0 Å². The molecule has 1 aromatic heterocycles. The minimum absolute atomic E-state index is 0.0543. The minimum atomic E-state index is -0.845. The van der Waals surface area contributed by atoms with Crippen molar-refractivity contribution in [1.82, 2.24) is 4.98 Å². The summed E-state index contributed by atoms with van der Waals surface area (Å²) >= 11 is 0. The van der Waals surface area contributed by atoms with Crippen LogP contribution in [0.2, 0.25) is 0 Å². The number of rotatable bonds is 5. The van der Waals surface area contributed by atoms with E-state index in [9.17, 15) is 14.9 Å². The van der Waals surface area contributed by atoms with E-state index in [4.69, 9.17) is 6.42 Å². The van der Waals surface area contributed by atoms with Crippen molar-refractivity contribution in [3.8, 4) is 12.3 Å². The first-order valence-electron chi connectivity index (χ1n) is 4.97. The number of ether oxygens (including phenoxy) is 1. The number of hydrogen-bond donors (Lipinski definition) is 1. The zero-order valence-corrected chi connectivity index (χ0v) is 9.62. The topological polar surface area (TPSA) is 94.4 Å². The van der Waals surface area contributed by atoms with Crippen molar-refractivity contribution in [2.24, 2.45) is 0 Å². The Kier molecular flexibility index (Phi) is 4.63. The van der Waals surface area contributed by atoms with Crippen LogP contribution in [0.15, 0.2) is 18.3 Å². The van der Waals surface area contributed by atoms with Crippen LogP contribution in [0.3, 0.4) is 0 Å². The Balaban J connectivity index is 2.97. The predicted octanol–water partition coefficient (Wildman–Crippen LogP) is 0.967. The van der Waals surface area contributed by atoms with Crippen LogP contribution in [0.25, 0.3) is 0 Å². The van der Waals surface area contributed by atoms with Gasteiger partial charge < -0.3 is 20.2 Å². The third-order valence-electron chi connectivity index (χ3n) is 2.10. The van der Waals surface area contributed by atoms with E-state index >= 15 is 0 Å². The van der Waals surface area contributed by atoms with Gasteiger partial charge >= 0.3 is 11.8 Å². The number of anilines is 1. The summed E-state index contributed by atoms with van der Waals surface area (Å²) in [6.45, 7) is 0. The van der Waals surface area contributed by atoms with Gasteiger partial charge in [-0.15, -0.1) is 12.3 Å². The van der Waals surface area contributed by atoms with Crippen LogP contribution in [0, 0.1) is 22.5 Å². The summed E-state index contributed by atoms with van der Waals surface area (Å²) in [5.74, 6) is 1.33. The fourth-order valence-corrected chi connectivity index (χ4v) is 1.30. The molecule has 0 aromatic carbocycles. The maximum absolute atomic E-state index is 11.4. The van der Waals surface area contributed by atoms with E-state index in [0.29, 0.717) is 0 Å². The molecule has 94 valence electrons. The lowest BCUT2D eigenvalue weighted by Gasteiger charge is -2.14. The molecule has 7 heteroatoms. The molecule has 0 spiro atoms. The van der Waals surface area contributed by atoms with Crippen LogP contribution in [0.5, 0.6) is 0 Å². The van der Waals surface area contributed by atoms with E-state index in [0.717, 1.165) is 0 Å². The van der Waals surface area contributed by atoms with Crippen LogP contribution in [-0.2, 0) is 9.53 Å². The molecule has 1 rings (SSSR count). The number of methoxy groups -OCH3 is 1. The molecule has 0 radical (unpaired) electrons. The highest BCUT2D eigenvalue weighted by Gasteiger charge is 2.22. The number of carbonyl (C=O) groups excluding carboxylic acids is 1. The second-order valence-corrected chi connectivity index (χ2v) is 3.26. The summed E-state index contributed by atoms with van der Waals surface area (Å²) in [6, 6.07) is 2.11. The summed E-state index contributed by atoms with van der Waals surface area (Å²) < 4.78 is 4.55. The van der Waals surface area contributed by atoms with Crippen molar-refractivity contribution in [2.45, 2.75) is 12.5 Å². The first-order valence-corrected chi connectivity index (χ1v) is 4.97. The maximum atomic E-state index is 11.4. The molecule has 0 saturated carbocycles. The number of hydrogen-bond acceptors (Lipinski definition) is 6. The van der Waals surface area contributed by atoms with Crippen molar-refractivity contribution in [3.05, 3.63) is 28.4 Å². The van der Waals surface area contributed by atoms with E-state index in [1.807, 2.05) is 0 Å². The van der Waals surface area contributed by atoms with Crippen molar-refractivity contribution < 1.29 is 14.5 Å². The smallest absolute Gasteiger partial charge is 0.386 e. The van der Waals surface area contributed by atoms with Crippen LogP contribution < -0.4 is 5.32 Å². The third-order valence-corrected chi connectivity index (χ3v) is 2.10. The highest BCUT2D eigenvalue weighted by molar-refractivity contribution is 5.80. The lowest BCUT2D eigenvalue weighted by atomic mass is 10.2. The van der Waals surface area contributed by atoms with Gasteiger partial charge in [0, 0.05) is 6.42 Å². The van der Waals surface area contributed by atoms with Gasteiger partial charge in [-0.25, -0.2) is 4.79 Å². The largest absolute Gasteiger partial charge is 0.467 e. The second kappa shape index (κ2) is 6.20. The van der Waals surface area contributed by atoms with E-state index < -0.39 is 16.9 Å². The van der Waals surface area contributed by atoms with E-state index in [1.54, 1.807) is 0 Å². The first kappa shape index (κ1) is 13.4. The minimum Gasteiger partial charge on any atom is -0.467 e. The first-order chi connectivity index (χ1) is 8.60. The molecule has 0 amide bonds. The lowest BCUT2D eigenvalue weighted by Crippen LogP contribution is -2.30. The molecule has 7 nitrogen and oxygen atoms in total. The standard InChI is InChI=1S/C11H11N3O4/c1-3-5-9(11(15)18-2)13-8-6-4-7-12-10(8)14(16)17/h1,4,6-7,9,13H,5H2,2H3. The highest BCUT2D eigenvalue weighted by atomic mass is 16.6. The maximum Gasteiger partial charge on any atom is 0.386 e. The Morgan fingerprint density at radius 2 is 2.50 bits per heavy atom. The molecule has 0 saturated heterocycles. The number of esters is 1. The van der Waals surface area contributed by atoms with Gasteiger partial charge in [-0.1, -0.05) is 0 Å². The summed E-state index contributed by atoms with van der Waals surface area (Å²) in [4.78, 5) is 25.1. The van der Waals surface area contributed by atoms with Gasteiger partial charge in [-0.05, 0) is 22.0 Å². The number of nitrogens with zero attached hydrogens (tertiary/aromatic N) is 2. The highest BCUT2D eigenvalue weighted by Crippen LogP contribution is 2.21. The molecule has 0 aliphatic rings. The Bertz CT molecular complexity index is 495. The van der Waals surface area contributed by atoms with Gasteiger partial charge in [-0.3, -0.25) is 0 Å². The quantitative estimate of drug-likeness (QED) is 0.361. The average molecular weight is 249 g/mol. The van der Waals surface area contributed by atoms with Crippen LogP contribution in [0.1, 0.15) is 6.42 Å². The Hall–Kier alpha value is -2.62. The second-order valence-electron chi connectivity index (χ2n) is 3.26. The van der Waals surface area contributed by atoms with Crippen LogP contribution in [-0.4, -0.2) is 29.0 Å². The molecule has 0 fully saturated rings. The molecule has 1 heterocycles. The lowest BCUT2D eigenvalue weighted by molar-refractivity contribution is -0.388. The molecule has 0 aliphatic heterocycles. The van der Waals surface area contributed by atoms with Crippen molar-refractivity contribution in [3.63, 3.8) is 0 Å². The molecular weight excluding hydrogens is 238 g/mol. The summed E-state index contributed by atoms with van der Waals surface area (Å²) in [5, 5.41) is 13.4. The predicted molar refractivity (Wildman–Crippen MR) is 63.8 cm³/mol. The molecule has 1 atom stereocenters. The Labute approximate surface area is 103 Å². The van der Waals surface area contributed by atoms with Gasteiger partial charge in [0.1, 0.15) is 17.9 Å². The SMILES string of the molecule is C#CCC(Nc1cccnc1[N+](=O)[O-])C(=O)OC. The van der Waals surface area contributed by atoms with Crippen molar-refractivity contribution in [1.29, 1.82) is 0 Å². The number of nitrogens with one attached hydrogen (secondary N) is 1. The fraction of sp³-hybridized carbons (Fsp3) is 0.273. The molecule has 18 heavy (non-hydrogen) atoms.